The molecule has 27 heavy (non-hydrogen) atoms. The standard InChI is InChI=1S/5CH2O3.4Ca.3Na.11H/c5*2-1(3)4;;;;;;;;;;;;;;;;;;/h5*(H2,2,3,4);;;;;;;;;;;;;;;;;;. The van der Waals surface area contributed by atoms with E-state index in [1.54, 1.807) is 0 Å². The number of carbonyl (C=O) groups is 5. The van der Waals surface area contributed by atoms with Gasteiger partial charge in [0.05, 0.1) is 0 Å². The van der Waals surface area contributed by atoms with Crippen LogP contribution in [0.4, 0.5) is 24.0 Å². The van der Waals surface area contributed by atoms with Crippen LogP contribution in [-0.2, 0) is 0 Å². The summed E-state index contributed by atoms with van der Waals surface area (Å²) in [6, 6.07) is 0. The Morgan fingerprint density at radius 1 is 0.296 bits per heavy atom. The molecule has 142 valence electrons. The molecule has 0 saturated carbocycles. The maximum atomic E-state index is 8.56. The molecule has 0 aliphatic carbocycles. The zero-order valence-corrected chi connectivity index (χ0v) is 9.01. The van der Waals surface area contributed by atoms with Crippen LogP contribution in [0.5, 0.6) is 0 Å². The SMILES string of the molecule is O=C(O)O.O=C(O)O.O=C(O)O.O=C(O)O.O=C(O)O.[CaH2].[CaH2].[CaH2].[CaH2].[NaH].[NaH].[NaH]. The molecule has 0 fully saturated rings. The van der Waals surface area contributed by atoms with Crippen LogP contribution in [0.1, 0.15) is 0 Å². The third kappa shape index (κ3) is 1270. The number of carboxylic acid groups (broad SMARTS) is 10. The molecule has 0 spiro atoms. The van der Waals surface area contributed by atoms with E-state index < -0.39 is 30.8 Å². The molecule has 15 nitrogen and oxygen atoms in total. The predicted molar refractivity (Wildman–Crippen MR) is 109 cm³/mol. The molecule has 0 amide bonds. The summed E-state index contributed by atoms with van der Waals surface area (Å²) in [7, 11) is 0. The molecule has 0 unspecified atom stereocenters. The number of hydrogen-bond acceptors (Lipinski definition) is 5. The van der Waals surface area contributed by atoms with Crippen molar-refractivity contribution in [1.82, 2.24) is 0 Å². The first-order chi connectivity index (χ1) is 8.66. The van der Waals surface area contributed by atoms with E-state index in [0.29, 0.717) is 0 Å². The van der Waals surface area contributed by atoms with Crippen molar-refractivity contribution in [3.63, 3.8) is 0 Å². The summed E-state index contributed by atoms with van der Waals surface area (Å²) in [6.45, 7) is 0. The van der Waals surface area contributed by atoms with E-state index >= 15 is 0 Å². The van der Waals surface area contributed by atoms with E-state index in [0.717, 1.165) is 0 Å². The van der Waals surface area contributed by atoms with Gasteiger partial charge in [0.25, 0.3) is 0 Å². The van der Waals surface area contributed by atoms with E-state index in [2.05, 4.69) is 0 Å². The molecule has 0 rings (SSSR count). The molecule has 0 aromatic rings. The van der Waals surface area contributed by atoms with Gasteiger partial charge in [-0.3, -0.25) is 0 Å². The first kappa shape index (κ1) is 77.1. The fourth-order valence-electron chi connectivity index (χ4n) is 0. The van der Waals surface area contributed by atoms with Gasteiger partial charge in [0.1, 0.15) is 0 Å². The Hall–Kier alpha value is 4.39. The number of hydrogen-bond donors (Lipinski definition) is 10. The molecule has 0 radical (unpaired) electrons. The molecule has 0 aliphatic rings. The molecule has 0 bridgehead atoms. The Morgan fingerprint density at radius 3 is 0.296 bits per heavy atom. The summed E-state index contributed by atoms with van der Waals surface area (Å²) in [6.07, 6.45) is -9.17. The zero-order valence-electron chi connectivity index (χ0n) is 9.01. The van der Waals surface area contributed by atoms with Gasteiger partial charge < -0.3 is 51.1 Å². The minimum absolute atomic E-state index is 0. The van der Waals surface area contributed by atoms with Crippen molar-refractivity contribution >= 4 is 270 Å². The second-order valence-corrected chi connectivity index (χ2v) is 1.41. The van der Waals surface area contributed by atoms with Crippen LogP contribution in [0.2, 0.25) is 0 Å². The Kier molecular flexibility index (Phi) is 199. The quantitative estimate of drug-likeness (QED) is 0.127. The Balaban J connectivity index is -0.00000000978. The van der Waals surface area contributed by atoms with Crippen LogP contribution in [0.25, 0.3) is 0 Å². The monoisotopic (exact) mass is 550 g/mol. The van der Waals surface area contributed by atoms with Gasteiger partial charge in [-0.1, -0.05) is 0 Å². The van der Waals surface area contributed by atoms with Crippen molar-refractivity contribution in [2.75, 3.05) is 0 Å². The van der Waals surface area contributed by atoms with Crippen molar-refractivity contribution in [2.45, 2.75) is 0 Å². The fraction of sp³-hybridized carbons (Fsp3) is 0. The second-order valence-electron chi connectivity index (χ2n) is 1.41. The van der Waals surface area contributed by atoms with Crippen LogP contribution in [0, 0.1) is 0 Å². The van der Waals surface area contributed by atoms with Crippen molar-refractivity contribution in [3.8, 4) is 0 Å². The molecule has 22 heteroatoms. The van der Waals surface area contributed by atoms with Gasteiger partial charge in [0.15, 0.2) is 0 Å². The van der Waals surface area contributed by atoms with Gasteiger partial charge in [-0.05, 0) is 0 Å². The average Bonchev–Trinajstić information content (AvgIpc) is 1.94. The molecule has 0 heterocycles. The minimum atomic E-state index is -1.83. The van der Waals surface area contributed by atoms with Crippen molar-refractivity contribution < 1.29 is 75.0 Å². The number of rotatable bonds is 0. The Morgan fingerprint density at radius 2 is 0.296 bits per heavy atom. The van der Waals surface area contributed by atoms with Gasteiger partial charge in [-0.15, -0.1) is 0 Å². The van der Waals surface area contributed by atoms with Crippen LogP contribution in [0.15, 0.2) is 0 Å². The molecular formula is C5H21Ca4Na3O15. The normalized spacial score (nSPS) is 4.44. The van der Waals surface area contributed by atoms with Gasteiger partial charge in [0, 0.05) is 0 Å². The Bertz CT molecular complexity index is 230. The summed E-state index contributed by atoms with van der Waals surface area (Å²) < 4.78 is 0. The first-order valence-electron chi connectivity index (χ1n) is 3.26. The van der Waals surface area contributed by atoms with Gasteiger partial charge in [0.2, 0.25) is 0 Å². The van der Waals surface area contributed by atoms with Crippen molar-refractivity contribution in [2.24, 2.45) is 0 Å². The third-order valence-electron chi connectivity index (χ3n) is 0. The fourth-order valence-corrected chi connectivity index (χ4v) is 0. The molecule has 10 N–H and O–H groups in total. The van der Waals surface area contributed by atoms with E-state index in [-0.39, 0.29) is 240 Å². The van der Waals surface area contributed by atoms with Gasteiger partial charge >= 0.3 is 270 Å². The molecule has 0 aromatic heterocycles. The second kappa shape index (κ2) is 69.8. The molecule has 0 aromatic carbocycles. The third-order valence-corrected chi connectivity index (χ3v) is 0. The van der Waals surface area contributed by atoms with E-state index in [9.17, 15) is 0 Å². The van der Waals surface area contributed by atoms with Crippen LogP contribution in [-0.4, -0.2) is 321 Å². The Labute approximate surface area is 337 Å². The van der Waals surface area contributed by atoms with E-state index in [1.165, 1.54) is 0 Å². The molecule has 0 atom stereocenters. The van der Waals surface area contributed by atoms with Gasteiger partial charge in [-0.25, -0.2) is 24.0 Å². The first-order valence-corrected chi connectivity index (χ1v) is 3.26. The predicted octanol–water partition coefficient (Wildman–Crippen LogP) is -4.50. The topological polar surface area (TPSA) is 288 Å². The van der Waals surface area contributed by atoms with Crippen LogP contribution in [0.3, 0.4) is 0 Å². The van der Waals surface area contributed by atoms with Crippen molar-refractivity contribution in [3.05, 3.63) is 0 Å². The van der Waals surface area contributed by atoms with Crippen LogP contribution < -0.4 is 0 Å². The van der Waals surface area contributed by atoms with Crippen LogP contribution >= 0.6 is 0 Å². The summed E-state index contributed by atoms with van der Waals surface area (Å²) in [4.78, 5) is 42.8. The summed E-state index contributed by atoms with van der Waals surface area (Å²) in [5, 5.41) is 69.7. The van der Waals surface area contributed by atoms with E-state index in [4.69, 9.17) is 75.0 Å². The molecular weight excluding hydrogens is 529 g/mol. The zero-order chi connectivity index (χ0) is 17.9. The summed E-state index contributed by atoms with van der Waals surface area (Å²) in [5.41, 5.74) is 0. The summed E-state index contributed by atoms with van der Waals surface area (Å²) >= 11 is 0. The molecule has 0 saturated heterocycles. The van der Waals surface area contributed by atoms with Gasteiger partial charge in [-0.2, -0.15) is 0 Å². The average molecular weight is 550 g/mol. The van der Waals surface area contributed by atoms with Crippen molar-refractivity contribution in [1.29, 1.82) is 0 Å². The van der Waals surface area contributed by atoms with E-state index in [1.807, 2.05) is 0 Å². The molecule has 0 aliphatic heterocycles. The maximum absolute atomic E-state index is 8.56. The summed E-state index contributed by atoms with van der Waals surface area (Å²) in [5.74, 6) is 0.